The second-order valence-electron chi connectivity index (χ2n) is 3.52. The van der Waals surface area contributed by atoms with Crippen LogP contribution >= 0.6 is 0 Å². The first-order valence-corrected chi connectivity index (χ1v) is 4.72. The number of aryl methyl sites for hydroxylation is 1. The van der Waals surface area contributed by atoms with Crippen LogP contribution in [0.5, 0.6) is 0 Å². The molecule has 1 aliphatic heterocycles. The Bertz CT molecular complexity index is 379. The van der Waals surface area contributed by atoms with Gasteiger partial charge in [-0.15, -0.1) is 10.1 Å². The van der Waals surface area contributed by atoms with E-state index in [0.717, 1.165) is 12.1 Å². The molecular formula is C11H13N2O+. The van der Waals surface area contributed by atoms with Gasteiger partial charge in [0.05, 0.1) is 6.42 Å². The van der Waals surface area contributed by atoms with E-state index in [0.29, 0.717) is 6.42 Å². The predicted molar refractivity (Wildman–Crippen MR) is 54.2 cm³/mol. The van der Waals surface area contributed by atoms with Crippen LogP contribution in [0.2, 0.25) is 0 Å². The summed E-state index contributed by atoms with van der Waals surface area (Å²) in [5.74, 6) is 0.0911. The molecule has 0 aromatic heterocycles. The predicted octanol–water partition coefficient (Wildman–Crippen LogP) is 0.861. The Hall–Kier alpha value is -1.64. The van der Waals surface area contributed by atoms with Crippen molar-refractivity contribution >= 4 is 12.1 Å². The molecule has 1 saturated heterocycles. The fourth-order valence-electron chi connectivity index (χ4n) is 1.42. The summed E-state index contributed by atoms with van der Waals surface area (Å²) in [5.41, 5.74) is 5.11. The van der Waals surface area contributed by atoms with Gasteiger partial charge in [-0.1, -0.05) is 17.7 Å². The van der Waals surface area contributed by atoms with E-state index in [1.165, 1.54) is 5.56 Å². The van der Waals surface area contributed by atoms with Crippen LogP contribution in [0, 0.1) is 6.92 Å². The molecular weight excluding hydrogens is 176 g/mol. The molecule has 1 amide bonds. The fraction of sp³-hybridized carbons (Fsp3) is 0.273. The molecule has 2 rings (SSSR count). The number of carbonyl (C=O) groups is 1. The lowest BCUT2D eigenvalue weighted by atomic mass is 10.2. The molecule has 1 aromatic carbocycles. The molecule has 3 heteroatoms. The van der Waals surface area contributed by atoms with Gasteiger partial charge in [-0.05, 0) is 19.1 Å². The van der Waals surface area contributed by atoms with Crippen LogP contribution in [0.3, 0.4) is 0 Å². The molecule has 0 aliphatic carbocycles. The number of carbonyl (C=O) groups excluding carboxylic acids is 1. The summed E-state index contributed by atoms with van der Waals surface area (Å²) >= 11 is 0. The quantitative estimate of drug-likeness (QED) is 0.653. The molecule has 1 aliphatic rings. The molecule has 1 N–H and O–H groups in total. The minimum absolute atomic E-state index is 0.0911. The van der Waals surface area contributed by atoms with Gasteiger partial charge in [-0.2, -0.15) is 0 Å². The number of nitrogens with zero attached hydrogens (tertiary/aromatic N) is 1. The molecule has 72 valence electrons. The summed E-state index contributed by atoms with van der Waals surface area (Å²) in [4.78, 5) is 10.9. The molecule has 1 heterocycles. The van der Waals surface area contributed by atoms with Gasteiger partial charge >= 0.3 is 0 Å². The Morgan fingerprint density at radius 3 is 2.64 bits per heavy atom. The maximum Gasteiger partial charge on any atom is 0.280 e. The third-order valence-corrected chi connectivity index (χ3v) is 2.23. The smallest absolute Gasteiger partial charge is 0.269 e. The molecule has 0 spiro atoms. The zero-order chi connectivity index (χ0) is 9.97. The van der Waals surface area contributed by atoms with Crippen molar-refractivity contribution in [3.05, 3.63) is 35.4 Å². The van der Waals surface area contributed by atoms with Gasteiger partial charge in [0.1, 0.15) is 0 Å². The summed E-state index contributed by atoms with van der Waals surface area (Å²) in [6, 6.07) is 8.20. The highest BCUT2D eigenvalue weighted by Crippen LogP contribution is 2.01. The van der Waals surface area contributed by atoms with Crippen LogP contribution in [0.4, 0.5) is 0 Å². The topological polar surface area (TPSA) is 32.1 Å². The number of hydrazine groups is 1. The van der Waals surface area contributed by atoms with Gasteiger partial charge in [-0.25, -0.2) is 0 Å². The number of hydrogen-bond donors (Lipinski definition) is 1. The van der Waals surface area contributed by atoms with Gasteiger partial charge in [0, 0.05) is 5.56 Å². The van der Waals surface area contributed by atoms with Gasteiger partial charge in [0.15, 0.2) is 6.54 Å². The van der Waals surface area contributed by atoms with Crippen molar-refractivity contribution in [1.82, 2.24) is 5.43 Å². The average molecular weight is 189 g/mol. The Kier molecular flexibility index (Phi) is 2.31. The standard InChI is InChI=1S/C11H12N2O/c1-9-2-4-10(5-3-9)8-13-7-6-11(14)12-13/h2-5,8H,6-7H2,1H3/p+1/b13-8-. The van der Waals surface area contributed by atoms with Crippen LogP contribution in [-0.4, -0.2) is 23.4 Å². The van der Waals surface area contributed by atoms with E-state index in [4.69, 9.17) is 0 Å². The minimum atomic E-state index is 0.0911. The van der Waals surface area contributed by atoms with Crippen LogP contribution in [0.25, 0.3) is 0 Å². The first-order chi connectivity index (χ1) is 6.74. The average Bonchev–Trinajstić information content (AvgIpc) is 2.56. The van der Waals surface area contributed by atoms with Gasteiger partial charge in [0.2, 0.25) is 6.21 Å². The third-order valence-electron chi connectivity index (χ3n) is 2.23. The number of rotatable bonds is 1. The maximum absolute atomic E-state index is 10.9. The van der Waals surface area contributed by atoms with Gasteiger partial charge in [-0.3, -0.25) is 4.79 Å². The van der Waals surface area contributed by atoms with E-state index in [-0.39, 0.29) is 5.91 Å². The van der Waals surface area contributed by atoms with Crippen molar-refractivity contribution in [3.8, 4) is 0 Å². The number of hydrogen-bond acceptors (Lipinski definition) is 1. The van der Waals surface area contributed by atoms with Crippen molar-refractivity contribution in [3.63, 3.8) is 0 Å². The zero-order valence-electron chi connectivity index (χ0n) is 8.16. The molecule has 0 atom stereocenters. The highest BCUT2D eigenvalue weighted by atomic mass is 16.2. The summed E-state index contributed by atoms with van der Waals surface area (Å²) < 4.78 is 1.83. The summed E-state index contributed by atoms with van der Waals surface area (Å²) in [6.45, 7) is 2.81. The van der Waals surface area contributed by atoms with E-state index in [9.17, 15) is 4.79 Å². The molecule has 14 heavy (non-hydrogen) atoms. The Balaban J connectivity index is 2.17. The number of benzene rings is 1. The molecule has 0 unspecified atom stereocenters. The van der Waals surface area contributed by atoms with Crippen molar-refractivity contribution in [2.75, 3.05) is 6.54 Å². The van der Waals surface area contributed by atoms with E-state index < -0.39 is 0 Å². The van der Waals surface area contributed by atoms with Crippen LogP contribution in [0.15, 0.2) is 24.3 Å². The van der Waals surface area contributed by atoms with Crippen molar-refractivity contribution in [2.24, 2.45) is 0 Å². The molecule has 1 fully saturated rings. The Morgan fingerprint density at radius 1 is 1.36 bits per heavy atom. The molecule has 0 saturated carbocycles. The molecule has 0 radical (unpaired) electrons. The van der Waals surface area contributed by atoms with Crippen LogP contribution < -0.4 is 5.43 Å². The highest BCUT2D eigenvalue weighted by Gasteiger charge is 2.20. The Morgan fingerprint density at radius 2 is 2.07 bits per heavy atom. The monoisotopic (exact) mass is 189 g/mol. The normalized spacial score (nSPS) is 18.6. The third kappa shape index (κ3) is 1.99. The molecule has 1 aromatic rings. The van der Waals surface area contributed by atoms with Gasteiger partial charge < -0.3 is 0 Å². The minimum Gasteiger partial charge on any atom is -0.269 e. The lowest BCUT2D eigenvalue weighted by molar-refractivity contribution is -0.553. The number of amides is 1. The second-order valence-corrected chi connectivity index (χ2v) is 3.52. The van der Waals surface area contributed by atoms with E-state index in [1.54, 1.807) is 0 Å². The zero-order valence-corrected chi connectivity index (χ0v) is 8.16. The number of nitrogens with one attached hydrogen (secondary N) is 1. The van der Waals surface area contributed by atoms with E-state index >= 15 is 0 Å². The molecule has 3 nitrogen and oxygen atoms in total. The Labute approximate surface area is 83.0 Å². The fourth-order valence-corrected chi connectivity index (χ4v) is 1.42. The number of hydrazone groups is 1. The molecule has 0 bridgehead atoms. The SMILES string of the molecule is Cc1ccc(/C=[N+]2/CCC(=O)N2)cc1. The van der Waals surface area contributed by atoms with Crippen LogP contribution in [0.1, 0.15) is 17.5 Å². The summed E-state index contributed by atoms with van der Waals surface area (Å²) in [6.07, 6.45) is 2.53. The summed E-state index contributed by atoms with van der Waals surface area (Å²) in [5, 5.41) is 0. The van der Waals surface area contributed by atoms with E-state index in [2.05, 4.69) is 24.5 Å². The summed E-state index contributed by atoms with van der Waals surface area (Å²) in [7, 11) is 0. The van der Waals surface area contributed by atoms with Crippen LogP contribution in [-0.2, 0) is 4.79 Å². The van der Waals surface area contributed by atoms with Crippen molar-refractivity contribution in [1.29, 1.82) is 0 Å². The largest absolute Gasteiger partial charge is 0.280 e. The second kappa shape index (κ2) is 3.62. The lowest BCUT2D eigenvalue weighted by Crippen LogP contribution is -2.25. The highest BCUT2D eigenvalue weighted by molar-refractivity contribution is 5.79. The first-order valence-electron chi connectivity index (χ1n) is 4.72. The lowest BCUT2D eigenvalue weighted by Gasteiger charge is -1.93. The van der Waals surface area contributed by atoms with E-state index in [1.807, 2.05) is 23.0 Å². The van der Waals surface area contributed by atoms with Crippen molar-refractivity contribution in [2.45, 2.75) is 13.3 Å². The maximum atomic E-state index is 10.9. The first kappa shape index (κ1) is 8.94. The van der Waals surface area contributed by atoms with Gasteiger partial charge in [0.25, 0.3) is 5.91 Å². The van der Waals surface area contributed by atoms with Crippen molar-refractivity contribution < 1.29 is 9.48 Å².